The van der Waals surface area contributed by atoms with Crippen LogP contribution < -0.4 is 0 Å². The fourth-order valence-electron chi connectivity index (χ4n) is 0.470. The summed E-state index contributed by atoms with van der Waals surface area (Å²) in [5.41, 5.74) is 1.63. The van der Waals surface area contributed by atoms with Gasteiger partial charge in [0.1, 0.15) is 0 Å². The van der Waals surface area contributed by atoms with Gasteiger partial charge in [-0.1, -0.05) is 34.2 Å². The van der Waals surface area contributed by atoms with Crippen LogP contribution in [0.1, 0.15) is 12.8 Å². The molecule has 0 saturated heterocycles. The van der Waals surface area contributed by atoms with E-state index in [-0.39, 0.29) is 0 Å². The van der Waals surface area contributed by atoms with Crippen LogP contribution in [-0.2, 0) is 0 Å². The zero-order valence-corrected chi connectivity index (χ0v) is 5.73. The quantitative estimate of drug-likeness (QED) is 0.340. The minimum atomic E-state index is 1.25. The van der Waals surface area contributed by atoms with Crippen molar-refractivity contribution in [2.45, 2.75) is 12.8 Å². The third-order valence-electron chi connectivity index (χ3n) is 1.07. The highest BCUT2D eigenvalue weighted by molar-refractivity contribution is 14.1. The van der Waals surface area contributed by atoms with Gasteiger partial charge in [-0.25, -0.2) is 0 Å². The van der Waals surface area contributed by atoms with Gasteiger partial charge in [0.15, 0.2) is 0 Å². The van der Waals surface area contributed by atoms with Crippen LogP contribution in [0.25, 0.3) is 0 Å². The maximum Gasteiger partial charge on any atom is 0.0205 e. The summed E-state index contributed by atoms with van der Waals surface area (Å²) in [7, 11) is 0. The predicted octanol–water partition coefficient (Wildman–Crippen LogP) is 2.14. The van der Waals surface area contributed by atoms with Crippen LogP contribution in [0.4, 0.5) is 0 Å². The summed E-state index contributed by atoms with van der Waals surface area (Å²) in [5.74, 6) is 0. The summed E-state index contributed by atoms with van der Waals surface area (Å²) in [4.78, 5) is 0. The zero-order valence-electron chi connectivity index (χ0n) is 3.58. The Morgan fingerprint density at radius 3 is 2.50 bits per heavy atom. The first-order valence-corrected chi connectivity index (χ1v) is 3.70. The Kier molecular flexibility index (Phi) is 1.51. The second-order valence-electron chi connectivity index (χ2n) is 1.53. The summed E-state index contributed by atoms with van der Waals surface area (Å²) >= 11 is 2.40. The molecule has 0 saturated carbocycles. The fourth-order valence-corrected chi connectivity index (χ4v) is 1.16. The van der Waals surface area contributed by atoms with E-state index in [1.807, 2.05) is 0 Å². The molecule has 1 heteroatoms. The van der Waals surface area contributed by atoms with Crippen LogP contribution in [0.2, 0.25) is 0 Å². The van der Waals surface area contributed by atoms with Gasteiger partial charge in [-0.15, -0.1) is 0 Å². The first kappa shape index (κ1) is 4.62. The van der Waals surface area contributed by atoms with Crippen molar-refractivity contribution in [1.29, 1.82) is 0 Å². The molecule has 0 atom stereocenters. The number of alkyl halides is 1. The van der Waals surface area contributed by atoms with E-state index in [0.29, 0.717) is 0 Å². The van der Waals surface area contributed by atoms with Gasteiger partial charge >= 0.3 is 0 Å². The maximum atomic E-state index is 2.40. The first-order chi connectivity index (χ1) is 2.93. The van der Waals surface area contributed by atoms with Crippen molar-refractivity contribution >= 4 is 22.6 Å². The van der Waals surface area contributed by atoms with Crippen molar-refractivity contribution in [3.05, 3.63) is 11.6 Å². The summed E-state index contributed by atoms with van der Waals surface area (Å²) in [5, 5.41) is 0. The van der Waals surface area contributed by atoms with E-state index in [1.54, 1.807) is 5.57 Å². The minimum Gasteiger partial charge on any atom is -0.0842 e. The summed E-state index contributed by atoms with van der Waals surface area (Å²) in [6.45, 7) is 0. The molecule has 1 rings (SSSR count). The van der Waals surface area contributed by atoms with Gasteiger partial charge in [-0.3, -0.25) is 0 Å². The van der Waals surface area contributed by atoms with Crippen molar-refractivity contribution in [3.8, 4) is 0 Å². The molecule has 0 unspecified atom stereocenters. The molecule has 0 aliphatic heterocycles. The second kappa shape index (κ2) is 1.96. The Hall–Kier alpha value is 0.470. The lowest BCUT2D eigenvalue weighted by molar-refractivity contribution is 0.885. The highest BCUT2D eigenvalue weighted by atomic mass is 127. The minimum absolute atomic E-state index is 1.25. The molecule has 0 aromatic carbocycles. The van der Waals surface area contributed by atoms with E-state index in [4.69, 9.17) is 0 Å². The van der Waals surface area contributed by atoms with Crippen LogP contribution in [0.3, 0.4) is 0 Å². The molecule has 6 heavy (non-hydrogen) atoms. The van der Waals surface area contributed by atoms with Gasteiger partial charge in [0.2, 0.25) is 0 Å². The smallest absolute Gasteiger partial charge is 0.0205 e. The molecule has 0 amide bonds. The van der Waals surface area contributed by atoms with Gasteiger partial charge in [0.25, 0.3) is 0 Å². The Morgan fingerprint density at radius 1 is 1.83 bits per heavy atom. The number of halogens is 1. The first-order valence-electron chi connectivity index (χ1n) is 2.17. The van der Waals surface area contributed by atoms with Crippen molar-refractivity contribution in [3.63, 3.8) is 0 Å². The number of hydrogen-bond donors (Lipinski definition) is 0. The van der Waals surface area contributed by atoms with Crippen molar-refractivity contribution in [2.24, 2.45) is 0 Å². The molecule has 0 fully saturated rings. The van der Waals surface area contributed by atoms with E-state index >= 15 is 0 Å². The molecule has 0 N–H and O–H groups in total. The Morgan fingerprint density at radius 2 is 2.50 bits per heavy atom. The Balaban J connectivity index is 2.32. The molecule has 0 radical (unpaired) electrons. The van der Waals surface area contributed by atoms with Crippen LogP contribution in [-0.4, -0.2) is 4.43 Å². The molecule has 0 bridgehead atoms. The summed E-state index contributed by atoms with van der Waals surface area (Å²) < 4.78 is 1.25. The lowest BCUT2D eigenvalue weighted by atomic mass is 10.0. The van der Waals surface area contributed by atoms with Gasteiger partial charge < -0.3 is 0 Å². The van der Waals surface area contributed by atoms with Crippen LogP contribution in [0, 0.1) is 0 Å². The van der Waals surface area contributed by atoms with Crippen LogP contribution >= 0.6 is 22.6 Å². The summed E-state index contributed by atoms with van der Waals surface area (Å²) in [6, 6.07) is 0. The Labute approximate surface area is 51.8 Å². The van der Waals surface area contributed by atoms with Crippen molar-refractivity contribution < 1.29 is 0 Å². The monoisotopic (exact) mass is 194 g/mol. The fraction of sp³-hybridized carbons (Fsp3) is 0.600. The molecule has 1 aliphatic carbocycles. The van der Waals surface area contributed by atoms with Gasteiger partial charge in [-0.2, -0.15) is 0 Å². The van der Waals surface area contributed by atoms with E-state index < -0.39 is 0 Å². The predicted molar refractivity (Wildman–Crippen MR) is 36.2 cm³/mol. The van der Waals surface area contributed by atoms with Gasteiger partial charge in [0, 0.05) is 4.43 Å². The molecule has 0 aromatic heterocycles. The second-order valence-corrected chi connectivity index (χ2v) is 2.30. The highest BCUT2D eigenvalue weighted by Gasteiger charge is 2.00. The van der Waals surface area contributed by atoms with E-state index in [9.17, 15) is 0 Å². The normalized spacial score (nSPS) is 19.2. The summed E-state index contributed by atoms with van der Waals surface area (Å²) in [6.07, 6.45) is 5.01. The van der Waals surface area contributed by atoms with Crippen molar-refractivity contribution in [2.75, 3.05) is 4.43 Å². The lowest BCUT2D eigenvalue weighted by Gasteiger charge is -2.08. The highest BCUT2D eigenvalue weighted by Crippen LogP contribution is 2.18. The van der Waals surface area contributed by atoms with Gasteiger partial charge in [0.05, 0.1) is 0 Å². The molecule has 0 aromatic rings. The molecule has 34 valence electrons. The molecule has 0 nitrogen and oxygen atoms in total. The lowest BCUT2D eigenvalue weighted by Crippen LogP contribution is -1.92. The average molecular weight is 194 g/mol. The molecular formula is C5H7I. The zero-order chi connectivity index (χ0) is 4.41. The largest absolute Gasteiger partial charge is 0.0842 e. The average Bonchev–Trinajstić information content (AvgIpc) is 1.31. The number of allylic oxidation sites excluding steroid dienone is 2. The van der Waals surface area contributed by atoms with Crippen LogP contribution in [0.5, 0.6) is 0 Å². The third-order valence-corrected chi connectivity index (χ3v) is 2.05. The topological polar surface area (TPSA) is 0 Å². The van der Waals surface area contributed by atoms with Gasteiger partial charge in [-0.05, 0) is 12.8 Å². The molecular weight excluding hydrogens is 187 g/mol. The van der Waals surface area contributed by atoms with Crippen molar-refractivity contribution in [1.82, 2.24) is 0 Å². The third kappa shape index (κ3) is 0.750. The van der Waals surface area contributed by atoms with Crippen LogP contribution in [0.15, 0.2) is 11.6 Å². The molecule has 0 heterocycles. The van der Waals surface area contributed by atoms with E-state index in [0.717, 1.165) is 0 Å². The SMILES string of the molecule is ICC1=CCC1. The number of hydrogen-bond acceptors (Lipinski definition) is 0. The molecule has 1 aliphatic rings. The Bertz CT molecular complexity index is 74.0. The van der Waals surface area contributed by atoms with E-state index in [2.05, 4.69) is 28.7 Å². The molecule has 0 spiro atoms. The maximum absolute atomic E-state index is 2.40. The number of rotatable bonds is 1. The van der Waals surface area contributed by atoms with E-state index in [1.165, 1.54) is 17.3 Å². The standard InChI is InChI=1S/C5H7I/c6-4-5-2-1-3-5/h2H,1,3-4H2.